The van der Waals surface area contributed by atoms with Crippen molar-refractivity contribution in [2.75, 3.05) is 0 Å². The molecule has 11 heavy (non-hydrogen) atoms. The number of carboxylic acids is 1. The third-order valence-electron chi connectivity index (χ3n) is 1.50. The maximum atomic E-state index is 10.2. The molecule has 4 nitrogen and oxygen atoms in total. The summed E-state index contributed by atoms with van der Waals surface area (Å²) in [6.07, 6.45) is 1.52. The third-order valence-corrected chi connectivity index (χ3v) is 1.50. The summed E-state index contributed by atoms with van der Waals surface area (Å²) in [6.45, 7) is 1.98. The molecular weight excluding hydrogens is 144 g/mol. The van der Waals surface area contributed by atoms with E-state index in [9.17, 15) is 4.79 Å². The summed E-state index contributed by atoms with van der Waals surface area (Å²) >= 11 is 0. The Labute approximate surface area is 64.6 Å². The van der Waals surface area contributed by atoms with E-state index in [4.69, 9.17) is 5.11 Å². The minimum Gasteiger partial charge on any atom is -0.481 e. The molecule has 0 saturated carbocycles. The molecule has 0 atom stereocenters. The van der Waals surface area contributed by atoms with E-state index in [0.717, 1.165) is 12.1 Å². The van der Waals surface area contributed by atoms with Crippen molar-refractivity contribution in [3.05, 3.63) is 0 Å². The second-order valence-electron chi connectivity index (χ2n) is 2.43. The largest absolute Gasteiger partial charge is 0.481 e. The maximum absolute atomic E-state index is 10.2. The first kappa shape index (κ1) is 7.91. The van der Waals surface area contributed by atoms with Gasteiger partial charge in [0.1, 0.15) is 0 Å². The van der Waals surface area contributed by atoms with Gasteiger partial charge in [-0.25, -0.2) is 0 Å². The Morgan fingerprint density at radius 3 is 2.64 bits per heavy atom. The van der Waals surface area contributed by atoms with E-state index in [2.05, 4.69) is 10.2 Å². The predicted molar refractivity (Wildman–Crippen MR) is 42.0 cm³/mol. The Bertz CT molecular complexity index is 231. The summed E-state index contributed by atoms with van der Waals surface area (Å²) in [7, 11) is 0. The van der Waals surface area contributed by atoms with Crippen LogP contribution in [0.3, 0.4) is 0 Å². The Kier molecular flexibility index (Phi) is 2.36. The molecule has 1 rings (SSSR count). The number of carboxylic acid groups (broad SMARTS) is 1. The maximum Gasteiger partial charge on any atom is 0.309 e. The lowest BCUT2D eigenvalue weighted by Gasteiger charge is -1.93. The molecule has 0 spiro atoms. The van der Waals surface area contributed by atoms with Crippen LogP contribution in [0.5, 0.6) is 0 Å². The number of hydrogen-bond donors (Lipinski definition) is 1. The summed E-state index contributed by atoms with van der Waals surface area (Å²) < 4.78 is 0. The van der Waals surface area contributed by atoms with Crippen molar-refractivity contribution >= 4 is 17.4 Å². The third kappa shape index (κ3) is 2.14. The Morgan fingerprint density at radius 1 is 1.55 bits per heavy atom. The summed E-state index contributed by atoms with van der Waals surface area (Å²) in [5, 5.41) is 16.0. The molecule has 1 N–H and O–H groups in total. The Balaban J connectivity index is 2.40. The molecule has 4 heteroatoms. The molecule has 0 bridgehead atoms. The van der Waals surface area contributed by atoms with Gasteiger partial charge >= 0.3 is 5.97 Å². The molecular formula is C7H10N2O2. The second-order valence-corrected chi connectivity index (χ2v) is 2.43. The molecule has 0 aromatic carbocycles. The van der Waals surface area contributed by atoms with E-state index < -0.39 is 5.97 Å². The molecule has 0 amide bonds. The monoisotopic (exact) mass is 154 g/mol. The minimum atomic E-state index is -0.837. The zero-order valence-electron chi connectivity index (χ0n) is 6.37. The fourth-order valence-corrected chi connectivity index (χ4v) is 0.916. The standard InChI is InChI=1S/C7H10N2O2/c1-2-5-3-6(9-8-5)4-7(10)11/h2-4H2,1H3,(H,10,11). The van der Waals surface area contributed by atoms with Crippen molar-refractivity contribution in [1.82, 2.24) is 0 Å². The van der Waals surface area contributed by atoms with Gasteiger partial charge in [-0.15, -0.1) is 0 Å². The van der Waals surface area contributed by atoms with Crippen molar-refractivity contribution in [3.8, 4) is 0 Å². The zero-order valence-corrected chi connectivity index (χ0v) is 6.37. The van der Waals surface area contributed by atoms with E-state index in [1.165, 1.54) is 0 Å². The van der Waals surface area contributed by atoms with Crippen LogP contribution in [0.2, 0.25) is 0 Å². The fraction of sp³-hybridized carbons (Fsp3) is 0.571. The SMILES string of the molecule is CCC1=NN=C(CC(=O)O)C1. The van der Waals surface area contributed by atoms with Crippen LogP contribution in [-0.2, 0) is 4.79 Å². The number of rotatable bonds is 3. The highest BCUT2D eigenvalue weighted by atomic mass is 16.4. The van der Waals surface area contributed by atoms with Crippen molar-refractivity contribution in [2.45, 2.75) is 26.2 Å². The number of nitrogens with zero attached hydrogens (tertiary/aromatic N) is 2. The average Bonchev–Trinajstić information content (AvgIpc) is 2.34. The van der Waals surface area contributed by atoms with Gasteiger partial charge in [0.15, 0.2) is 0 Å². The summed E-state index contributed by atoms with van der Waals surface area (Å²) in [4.78, 5) is 10.2. The minimum absolute atomic E-state index is 0.0208. The summed E-state index contributed by atoms with van der Waals surface area (Å²) in [5.74, 6) is -0.837. The lowest BCUT2D eigenvalue weighted by molar-refractivity contribution is -0.135. The summed E-state index contributed by atoms with van der Waals surface area (Å²) in [5.41, 5.74) is 1.63. The van der Waals surface area contributed by atoms with Crippen LogP contribution in [0.1, 0.15) is 26.2 Å². The van der Waals surface area contributed by atoms with Crippen LogP contribution in [0, 0.1) is 0 Å². The van der Waals surface area contributed by atoms with Crippen LogP contribution in [0.25, 0.3) is 0 Å². The highest BCUT2D eigenvalue weighted by Crippen LogP contribution is 2.07. The average molecular weight is 154 g/mol. The van der Waals surface area contributed by atoms with Gasteiger partial charge in [0.25, 0.3) is 0 Å². The van der Waals surface area contributed by atoms with Crippen LogP contribution in [0.15, 0.2) is 10.2 Å². The first-order valence-corrected chi connectivity index (χ1v) is 3.55. The first-order chi connectivity index (χ1) is 5.22. The molecule has 60 valence electrons. The van der Waals surface area contributed by atoms with Gasteiger partial charge in [-0.3, -0.25) is 4.79 Å². The Morgan fingerprint density at radius 2 is 2.18 bits per heavy atom. The highest BCUT2D eigenvalue weighted by molar-refractivity contribution is 6.11. The van der Waals surface area contributed by atoms with Gasteiger partial charge in [-0.2, -0.15) is 10.2 Å². The zero-order chi connectivity index (χ0) is 8.27. The Hall–Kier alpha value is -1.19. The molecule has 1 aliphatic rings. The van der Waals surface area contributed by atoms with E-state index in [-0.39, 0.29) is 6.42 Å². The van der Waals surface area contributed by atoms with Gasteiger partial charge in [0, 0.05) is 12.1 Å². The number of hydrogen-bond acceptors (Lipinski definition) is 3. The smallest absolute Gasteiger partial charge is 0.309 e. The van der Waals surface area contributed by atoms with Crippen molar-refractivity contribution in [3.63, 3.8) is 0 Å². The molecule has 0 radical (unpaired) electrons. The van der Waals surface area contributed by atoms with Crippen LogP contribution in [-0.4, -0.2) is 22.5 Å². The highest BCUT2D eigenvalue weighted by Gasteiger charge is 2.13. The molecule has 0 unspecified atom stereocenters. The lowest BCUT2D eigenvalue weighted by atomic mass is 10.1. The van der Waals surface area contributed by atoms with Crippen LogP contribution < -0.4 is 0 Å². The van der Waals surface area contributed by atoms with Crippen LogP contribution >= 0.6 is 0 Å². The molecule has 0 aromatic heterocycles. The van der Waals surface area contributed by atoms with Crippen LogP contribution in [0.4, 0.5) is 0 Å². The number of aliphatic carboxylic acids is 1. The van der Waals surface area contributed by atoms with Gasteiger partial charge < -0.3 is 5.11 Å². The van der Waals surface area contributed by atoms with Crippen molar-refractivity contribution < 1.29 is 9.90 Å². The van der Waals surface area contributed by atoms with Gasteiger partial charge in [0.2, 0.25) is 0 Å². The predicted octanol–water partition coefficient (Wildman–Crippen LogP) is 1.07. The van der Waals surface area contributed by atoms with E-state index >= 15 is 0 Å². The van der Waals surface area contributed by atoms with E-state index in [0.29, 0.717) is 12.1 Å². The second kappa shape index (κ2) is 3.27. The molecule has 0 saturated heterocycles. The van der Waals surface area contributed by atoms with E-state index in [1.807, 2.05) is 6.92 Å². The summed E-state index contributed by atoms with van der Waals surface area (Å²) in [6, 6.07) is 0. The van der Waals surface area contributed by atoms with Gasteiger partial charge in [-0.1, -0.05) is 6.92 Å². The molecule has 1 heterocycles. The molecule has 0 aromatic rings. The quantitative estimate of drug-likeness (QED) is 0.660. The lowest BCUT2D eigenvalue weighted by Crippen LogP contribution is -2.07. The normalized spacial score (nSPS) is 16.1. The molecule has 0 aliphatic carbocycles. The molecule has 1 aliphatic heterocycles. The molecule has 0 fully saturated rings. The van der Waals surface area contributed by atoms with Crippen molar-refractivity contribution in [2.24, 2.45) is 10.2 Å². The number of carbonyl (C=O) groups is 1. The van der Waals surface area contributed by atoms with Crippen molar-refractivity contribution in [1.29, 1.82) is 0 Å². The van der Waals surface area contributed by atoms with Gasteiger partial charge in [-0.05, 0) is 6.42 Å². The topological polar surface area (TPSA) is 62.0 Å². The first-order valence-electron chi connectivity index (χ1n) is 3.55. The van der Waals surface area contributed by atoms with E-state index in [1.54, 1.807) is 0 Å². The van der Waals surface area contributed by atoms with Gasteiger partial charge in [0.05, 0.1) is 12.1 Å². The fourth-order valence-electron chi connectivity index (χ4n) is 0.916.